The van der Waals surface area contributed by atoms with Crippen molar-refractivity contribution in [3.8, 4) is 16.9 Å². The fourth-order valence-electron chi connectivity index (χ4n) is 3.22. The van der Waals surface area contributed by atoms with Crippen LogP contribution in [0.1, 0.15) is 11.1 Å². The molecule has 1 heterocycles. The number of amides is 1. The van der Waals surface area contributed by atoms with Gasteiger partial charge in [-0.2, -0.15) is 0 Å². The van der Waals surface area contributed by atoms with E-state index in [9.17, 15) is 4.79 Å². The molecule has 3 nitrogen and oxygen atoms in total. The Morgan fingerprint density at radius 3 is 2.56 bits per heavy atom. The maximum absolute atomic E-state index is 11.6. The van der Waals surface area contributed by atoms with E-state index in [0.717, 1.165) is 29.0 Å². The smallest absolute Gasteiger partial charge is 0.228 e. The summed E-state index contributed by atoms with van der Waals surface area (Å²) in [5.41, 5.74) is 5.55. The number of hydrogen-bond acceptors (Lipinski definition) is 2. The van der Waals surface area contributed by atoms with Gasteiger partial charge in [0.1, 0.15) is 5.75 Å². The molecule has 0 aromatic heterocycles. The summed E-state index contributed by atoms with van der Waals surface area (Å²) in [5.74, 6) is 0.932. The zero-order chi connectivity index (χ0) is 17.1. The van der Waals surface area contributed by atoms with Crippen molar-refractivity contribution in [2.45, 2.75) is 12.8 Å². The van der Waals surface area contributed by atoms with Gasteiger partial charge < -0.3 is 10.1 Å². The summed E-state index contributed by atoms with van der Waals surface area (Å²) in [6.45, 7) is 0.586. The van der Waals surface area contributed by atoms with Crippen LogP contribution in [0, 0.1) is 0 Å². The number of carbonyl (C=O) groups excluding carboxylic acids is 1. The molecule has 0 unspecified atom stereocenters. The molecule has 1 aliphatic rings. The number of nitrogens with one attached hydrogen (secondary N) is 1. The number of carbonyl (C=O) groups is 1. The minimum absolute atomic E-state index is 0.0685. The van der Waals surface area contributed by atoms with Crippen molar-refractivity contribution in [1.82, 2.24) is 0 Å². The lowest BCUT2D eigenvalue weighted by Crippen LogP contribution is -2.05. The summed E-state index contributed by atoms with van der Waals surface area (Å²) in [6, 6.07) is 24.4. The Morgan fingerprint density at radius 1 is 0.880 bits per heavy atom. The lowest BCUT2D eigenvalue weighted by atomic mass is 10.0. The van der Waals surface area contributed by atoms with Crippen LogP contribution in [0.15, 0.2) is 72.8 Å². The fraction of sp³-hybridized carbons (Fsp3) is 0.136. The summed E-state index contributed by atoms with van der Waals surface area (Å²) in [6.07, 6.45) is 1.25. The van der Waals surface area contributed by atoms with Gasteiger partial charge in [0.2, 0.25) is 5.91 Å². The molecule has 0 aliphatic carbocycles. The molecule has 0 fully saturated rings. The molecule has 0 saturated heterocycles. The van der Waals surface area contributed by atoms with Crippen LogP contribution in [0.4, 0.5) is 5.69 Å². The summed E-state index contributed by atoms with van der Waals surface area (Å²) in [4.78, 5) is 11.6. The first-order chi connectivity index (χ1) is 12.3. The Bertz CT molecular complexity index is 903. The van der Waals surface area contributed by atoms with Gasteiger partial charge in [0.25, 0.3) is 0 Å². The monoisotopic (exact) mass is 329 g/mol. The van der Waals surface area contributed by atoms with Gasteiger partial charge in [-0.1, -0.05) is 54.6 Å². The van der Waals surface area contributed by atoms with Crippen molar-refractivity contribution in [1.29, 1.82) is 0 Å². The minimum Gasteiger partial charge on any atom is -0.493 e. The van der Waals surface area contributed by atoms with Gasteiger partial charge >= 0.3 is 0 Å². The summed E-state index contributed by atoms with van der Waals surface area (Å²) in [7, 11) is 0. The Kier molecular flexibility index (Phi) is 4.21. The van der Waals surface area contributed by atoms with Gasteiger partial charge in [-0.25, -0.2) is 0 Å². The van der Waals surface area contributed by atoms with E-state index in [0.29, 0.717) is 13.0 Å². The molecule has 0 atom stereocenters. The molecule has 3 aromatic rings. The Hall–Kier alpha value is -3.07. The first-order valence-electron chi connectivity index (χ1n) is 8.48. The third-order valence-corrected chi connectivity index (χ3v) is 4.47. The highest BCUT2D eigenvalue weighted by Crippen LogP contribution is 2.27. The van der Waals surface area contributed by atoms with Gasteiger partial charge in [0.15, 0.2) is 0 Å². The maximum Gasteiger partial charge on any atom is 0.228 e. The lowest BCUT2D eigenvalue weighted by molar-refractivity contribution is -0.115. The van der Waals surface area contributed by atoms with Crippen LogP contribution in [-0.2, 0) is 17.6 Å². The van der Waals surface area contributed by atoms with Crippen molar-refractivity contribution < 1.29 is 9.53 Å². The Labute approximate surface area is 147 Å². The topological polar surface area (TPSA) is 38.3 Å². The van der Waals surface area contributed by atoms with E-state index in [-0.39, 0.29) is 5.91 Å². The van der Waals surface area contributed by atoms with Crippen LogP contribution in [0.25, 0.3) is 11.1 Å². The van der Waals surface area contributed by atoms with Crippen LogP contribution in [0.2, 0.25) is 0 Å². The molecule has 1 N–H and O–H groups in total. The standard InChI is InChI=1S/C22H19NO2/c24-22-15-20-17(8-5-11-21(20)23-22)12-13-25-19-10-4-9-18(14-19)16-6-2-1-3-7-16/h1-11,14H,12-13,15H2,(H,23,24). The molecule has 0 radical (unpaired) electrons. The van der Waals surface area contributed by atoms with Gasteiger partial charge in [-0.15, -0.1) is 0 Å². The Morgan fingerprint density at radius 2 is 1.68 bits per heavy atom. The van der Waals surface area contributed by atoms with Crippen LogP contribution >= 0.6 is 0 Å². The van der Waals surface area contributed by atoms with Gasteiger partial charge in [0, 0.05) is 12.1 Å². The van der Waals surface area contributed by atoms with Crippen molar-refractivity contribution in [3.05, 3.63) is 83.9 Å². The van der Waals surface area contributed by atoms with E-state index < -0.39 is 0 Å². The van der Waals surface area contributed by atoms with Crippen LogP contribution in [0.5, 0.6) is 5.75 Å². The second-order valence-electron chi connectivity index (χ2n) is 6.16. The summed E-state index contributed by atoms with van der Waals surface area (Å²) < 4.78 is 5.95. The molecule has 1 aliphatic heterocycles. The highest BCUT2D eigenvalue weighted by atomic mass is 16.5. The maximum atomic E-state index is 11.6. The number of rotatable bonds is 5. The normalized spacial score (nSPS) is 12.6. The first-order valence-corrected chi connectivity index (χ1v) is 8.48. The Balaban J connectivity index is 1.43. The first kappa shape index (κ1) is 15.5. The number of hydrogen-bond donors (Lipinski definition) is 1. The molecule has 25 heavy (non-hydrogen) atoms. The third-order valence-electron chi connectivity index (χ3n) is 4.47. The molecule has 0 bridgehead atoms. The molecule has 4 rings (SSSR count). The molecular formula is C22H19NO2. The third kappa shape index (κ3) is 3.41. The largest absolute Gasteiger partial charge is 0.493 e. The molecule has 124 valence electrons. The van der Waals surface area contributed by atoms with Crippen LogP contribution < -0.4 is 10.1 Å². The van der Waals surface area contributed by atoms with E-state index in [2.05, 4.69) is 35.6 Å². The van der Waals surface area contributed by atoms with Gasteiger partial charge in [-0.3, -0.25) is 4.79 Å². The number of ether oxygens (including phenoxy) is 1. The molecule has 0 spiro atoms. The molecule has 3 heteroatoms. The van der Waals surface area contributed by atoms with Crippen molar-refractivity contribution in [2.24, 2.45) is 0 Å². The summed E-state index contributed by atoms with van der Waals surface area (Å²) in [5, 5.41) is 2.89. The highest BCUT2D eigenvalue weighted by molar-refractivity contribution is 5.99. The summed E-state index contributed by atoms with van der Waals surface area (Å²) >= 11 is 0. The zero-order valence-corrected chi connectivity index (χ0v) is 13.9. The van der Waals surface area contributed by atoms with Crippen molar-refractivity contribution in [3.63, 3.8) is 0 Å². The number of benzene rings is 3. The van der Waals surface area contributed by atoms with Crippen LogP contribution in [0.3, 0.4) is 0 Å². The fourth-order valence-corrected chi connectivity index (χ4v) is 3.22. The predicted molar refractivity (Wildman–Crippen MR) is 99.9 cm³/mol. The zero-order valence-electron chi connectivity index (χ0n) is 13.9. The minimum atomic E-state index is 0.0685. The van der Waals surface area contributed by atoms with E-state index in [1.54, 1.807) is 0 Å². The lowest BCUT2D eigenvalue weighted by Gasteiger charge is -2.10. The molecule has 0 saturated carbocycles. The second-order valence-corrected chi connectivity index (χ2v) is 6.16. The molecule has 3 aromatic carbocycles. The van der Waals surface area contributed by atoms with Crippen molar-refractivity contribution in [2.75, 3.05) is 11.9 Å². The molecular weight excluding hydrogens is 310 g/mol. The van der Waals surface area contributed by atoms with Crippen LogP contribution in [-0.4, -0.2) is 12.5 Å². The van der Waals surface area contributed by atoms with E-state index >= 15 is 0 Å². The predicted octanol–water partition coefficient (Wildman–Crippen LogP) is 4.47. The average Bonchev–Trinajstić information content (AvgIpc) is 3.04. The van der Waals surface area contributed by atoms with E-state index in [1.165, 1.54) is 11.1 Å². The number of fused-ring (bicyclic) bond motifs is 1. The van der Waals surface area contributed by atoms with Gasteiger partial charge in [-0.05, 0) is 40.5 Å². The highest BCUT2D eigenvalue weighted by Gasteiger charge is 2.19. The van der Waals surface area contributed by atoms with Gasteiger partial charge in [0.05, 0.1) is 13.0 Å². The van der Waals surface area contributed by atoms with Crippen molar-refractivity contribution >= 4 is 11.6 Å². The SMILES string of the molecule is O=C1Cc2c(CCOc3cccc(-c4ccccc4)c3)cccc2N1. The van der Waals surface area contributed by atoms with E-state index in [1.807, 2.05) is 42.5 Å². The average molecular weight is 329 g/mol. The molecule has 1 amide bonds. The quantitative estimate of drug-likeness (QED) is 0.750. The van der Waals surface area contributed by atoms with E-state index in [4.69, 9.17) is 4.74 Å². The number of anilines is 1. The second kappa shape index (κ2) is 6.81.